The molecule has 0 saturated carbocycles. The molecule has 1 atom stereocenters. The van der Waals surface area contributed by atoms with E-state index in [1.165, 1.54) is 0 Å². The second kappa shape index (κ2) is 11.1. The summed E-state index contributed by atoms with van der Waals surface area (Å²) in [5.41, 5.74) is 1.11. The molecular weight excluding hydrogens is 452 g/mol. The highest BCUT2D eigenvalue weighted by Gasteiger charge is 2.39. The maximum atomic E-state index is 13.2. The maximum absolute atomic E-state index is 13.2. The topological polar surface area (TPSA) is 103 Å². The zero-order valence-corrected chi connectivity index (χ0v) is 19.5. The Morgan fingerprint density at radius 1 is 1.06 bits per heavy atom. The zero-order valence-electron chi connectivity index (χ0n) is 18.7. The molecule has 1 unspecified atom stereocenters. The fourth-order valence-corrected chi connectivity index (χ4v) is 5.26. The fraction of sp³-hybridized carbons (Fsp3) is 0.360. The normalized spacial score (nSPS) is 18.3. The van der Waals surface area contributed by atoms with Crippen LogP contribution in [0.1, 0.15) is 18.4 Å². The van der Waals surface area contributed by atoms with E-state index in [-0.39, 0.29) is 30.2 Å². The summed E-state index contributed by atoms with van der Waals surface area (Å²) >= 11 is 1.56. The summed E-state index contributed by atoms with van der Waals surface area (Å²) in [6.45, 7) is 0.968. The first-order valence-electron chi connectivity index (χ1n) is 11.2. The van der Waals surface area contributed by atoms with Crippen molar-refractivity contribution in [2.75, 3.05) is 36.6 Å². The number of hydrogen-bond acceptors (Lipinski definition) is 6. The number of benzene rings is 2. The summed E-state index contributed by atoms with van der Waals surface area (Å²) < 4.78 is 5.55. The second-order valence-corrected chi connectivity index (χ2v) is 9.26. The van der Waals surface area contributed by atoms with Crippen molar-refractivity contribution in [2.24, 2.45) is 5.92 Å². The number of ether oxygens (including phenoxy) is 1. The number of rotatable bonds is 6. The van der Waals surface area contributed by atoms with Gasteiger partial charge in [-0.1, -0.05) is 18.2 Å². The van der Waals surface area contributed by atoms with E-state index in [9.17, 15) is 14.4 Å². The van der Waals surface area contributed by atoms with E-state index < -0.39 is 6.04 Å². The molecule has 3 amide bonds. The van der Waals surface area contributed by atoms with Gasteiger partial charge in [-0.15, -0.1) is 11.8 Å². The summed E-state index contributed by atoms with van der Waals surface area (Å²) in [6, 6.07) is 17.4. The maximum Gasteiger partial charge on any atom is 0.260 e. The van der Waals surface area contributed by atoms with Gasteiger partial charge in [-0.25, -0.2) is 0 Å². The average molecular weight is 479 g/mol. The Labute approximate surface area is 202 Å². The smallest absolute Gasteiger partial charge is 0.260 e. The molecule has 2 heterocycles. The van der Waals surface area contributed by atoms with E-state index in [4.69, 9.17) is 10.00 Å². The zero-order chi connectivity index (χ0) is 23.9. The first kappa shape index (κ1) is 23.6. The number of thioether (sulfide) groups is 1. The van der Waals surface area contributed by atoms with Gasteiger partial charge in [-0.2, -0.15) is 5.26 Å². The molecule has 4 rings (SSSR count). The van der Waals surface area contributed by atoms with Gasteiger partial charge in [0.15, 0.2) is 6.61 Å². The van der Waals surface area contributed by atoms with Crippen LogP contribution < -0.4 is 10.1 Å². The number of carbonyl (C=O) groups excluding carboxylic acids is 3. The van der Waals surface area contributed by atoms with Crippen LogP contribution in [0.25, 0.3) is 0 Å². The lowest BCUT2D eigenvalue weighted by atomic mass is 9.95. The van der Waals surface area contributed by atoms with Gasteiger partial charge in [0.2, 0.25) is 11.8 Å². The van der Waals surface area contributed by atoms with Crippen molar-refractivity contribution in [3.63, 3.8) is 0 Å². The first-order valence-corrected chi connectivity index (χ1v) is 12.4. The molecule has 2 aliphatic rings. The quantitative estimate of drug-likeness (QED) is 0.685. The number of carbonyl (C=O) groups is 3. The molecule has 0 spiro atoms. The van der Waals surface area contributed by atoms with Crippen molar-refractivity contribution >= 4 is 35.2 Å². The average Bonchev–Trinajstić information content (AvgIpc) is 3.38. The van der Waals surface area contributed by atoms with Gasteiger partial charge in [0, 0.05) is 30.4 Å². The van der Waals surface area contributed by atoms with Crippen LogP contribution in [0.2, 0.25) is 0 Å². The van der Waals surface area contributed by atoms with Gasteiger partial charge in [0.05, 0.1) is 17.5 Å². The Morgan fingerprint density at radius 3 is 2.44 bits per heavy atom. The third-order valence-corrected chi connectivity index (χ3v) is 7.06. The molecule has 9 heteroatoms. The Balaban J connectivity index is 1.27. The van der Waals surface area contributed by atoms with Gasteiger partial charge in [0.25, 0.3) is 5.91 Å². The molecule has 1 N–H and O–H groups in total. The highest BCUT2D eigenvalue weighted by atomic mass is 32.2. The molecule has 0 aliphatic carbocycles. The van der Waals surface area contributed by atoms with Crippen LogP contribution in [0.5, 0.6) is 5.75 Å². The molecule has 2 aromatic carbocycles. The van der Waals surface area contributed by atoms with Crippen LogP contribution in [0, 0.1) is 17.2 Å². The Hall–Kier alpha value is -3.51. The van der Waals surface area contributed by atoms with Crippen molar-refractivity contribution in [3.05, 3.63) is 60.2 Å². The number of amides is 3. The van der Waals surface area contributed by atoms with Crippen LogP contribution in [-0.2, 0) is 14.4 Å². The Bertz CT molecular complexity index is 1060. The van der Waals surface area contributed by atoms with E-state index in [0.29, 0.717) is 54.6 Å². The summed E-state index contributed by atoms with van der Waals surface area (Å²) in [7, 11) is 0. The monoisotopic (exact) mass is 478 g/mol. The van der Waals surface area contributed by atoms with Gasteiger partial charge in [0.1, 0.15) is 11.8 Å². The number of nitrogens with one attached hydrogen (secondary N) is 1. The van der Waals surface area contributed by atoms with Crippen molar-refractivity contribution in [3.8, 4) is 11.8 Å². The minimum atomic E-state index is -0.535. The highest BCUT2D eigenvalue weighted by molar-refractivity contribution is 7.99. The molecule has 2 fully saturated rings. The molecule has 0 bridgehead atoms. The lowest BCUT2D eigenvalue weighted by Gasteiger charge is -2.34. The summed E-state index contributed by atoms with van der Waals surface area (Å²) in [5, 5.41) is 11.8. The van der Waals surface area contributed by atoms with E-state index in [0.717, 1.165) is 0 Å². The van der Waals surface area contributed by atoms with Crippen LogP contribution in [0.4, 0.5) is 5.69 Å². The number of nitrogens with zero attached hydrogens (tertiary/aromatic N) is 3. The summed E-state index contributed by atoms with van der Waals surface area (Å²) in [6.07, 6.45) is 1.14. The van der Waals surface area contributed by atoms with E-state index in [1.54, 1.807) is 58.0 Å². The number of nitriles is 1. The second-order valence-electron chi connectivity index (χ2n) is 8.26. The Morgan fingerprint density at radius 2 is 1.76 bits per heavy atom. The van der Waals surface area contributed by atoms with Crippen molar-refractivity contribution in [2.45, 2.75) is 18.9 Å². The van der Waals surface area contributed by atoms with Crippen LogP contribution in [-0.4, -0.2) is 64.9 Å². The third-order valence-electron chi connectivity index (χ3n) is 6.05. The minimum Gasteiger partial charge on any atom is -0.484 e. The van der Waals surface area contributed by atoms with E-state index >= 15 is 0 Å². The minimum absolute atomic E-state index is 0.0248. The predicted octanol–water partition coefficient (Wildman–Crippen LogP) is 2.72. The molecule has 0 radical (unpaired) electrons. The number of para-hydroxylation sites is 1. The number of anilines is 1. The standard InChI is InChI=1S/C25H26N4O4S/c26-14-18-6-8-20(9-7-18)27-24(31)22-16-34-17-29(22)25(32)19-10-12-28(13-11-19)23(30)15-33-21-4-2-1-3-5-21/h1-9,19,22H,10-13,15-17H2,(H,27,31). The van der Waals surface area contributed by atoms with Gasteiger partial charge in [-0.05, 0) is 49.2 Å². The summed E-state index contributed by atoms with van der Waals surface area (Å²) in [5.74, 6) is 1.12. The molecular formula is C25H26N4O4S. The van der Waals surface area contributed by atoms with Crippen LogP contribution >= 0.6 is 11.8 Å². The molecule has 0 aromatic heterocycles. The SMILES string of the molecule is N#Cc1ccc(NC(=O)C2CSCN2C(=O)C2CCN(C(=O)COc3ccccc3)CC2)cc1. The number of likely N-dealkylation sites (tertiary alicyclic amines) is 1. The predicted molar refractivity (Wildman–Crippen MR) is 129 cm³/mol. The fourth-order valence-electron chi connectivity index (χ4n) is 4.09. The Kier molecular flexibility index (Phi) is 7.70. The number of piperidine rings is 1. The molecule has 2 aromatic rings. The third kappa shape index (κ3) is 5.69. The molecule has 2 aliphatic heterocycles. The number of hydrogen-bond donors (Lipinski definition) is 1. The molecule has 2 saturated heterocycles. The molecule has 8 nitrogen and oxygen atoms in total. The van der Waals surface area contributed by atoms with Gasteiger partial charge < -0.3 is 19.9 Å². The molecule has 34 heavy (non-hydrogen) atoms. The van der Waals surface area contributed by atoms with Gasteiger partial charge >= 0.3 is 0 Å². The van der Waals surface area contributed by atoms with Crippen LogP contribution in [0.3, 0.4) is 0 Å². The first-order chi connectivity index (χ1) is 16.5. The lowest BCUT2D eigenvalue weighted by Crippen LogP contribution is -2.49. The lowest BCUT2D eigenvalue weighted by molar-refractivity contribution is -0.143. The van der Waals surface area contributed by atoms with Crippen molar-refractivity contribution in [1.29, 1.82) is 5.26 Å². The van der Waals surface area contributed by atoms with E-state index in [1.807, 2.05) is 24.3 Å². The van der Waals surface area contributed by atoms with Crippen LogP contribution in [0.15, 0.2) is 54.6 Å². The largest absolute Gasteiger partial charge is 0.484 e. The molecule has 176 valence electrons. The summed E-state index contributed by atoms with van der Waals surface area (Å²) in [4.78, 5) is 41.9. The van der Waals surface area contributed by atoms with Gasteiger partial charge in [-0.3, -0.25) is 14.4 Å². The van der Waals surface area contributed by atoms with Crippen molar-refractivity contribution in [1.82, 2.24) is 9.80 Å². The van der Waals surface area contributed by atoms with E-state index in [2.05, 4.69) is 5.32 Å². The highest BCUT2D eigenvalue weighted by Crippen LogP contribution is 2.28. The van der Waals surface area contributed by atoms with Crippen molar-refractivity contribution < 1.29 is 19.1 Å².